The van der Waals surface area contributed by atoms with Crippen molar-refractivity contribution in [2.24, 2.45) is 0 Å². The van der Waals surface area contributed by atoms with Crippen molar-refractivity contribution in [3.63, 3.8) is 0 Å². The maximum Gasteiger partial charge on any atom is 0.573 e. The van der Waals surface area contributed by atoms with E-state index in [1.807, 2.05) is 0 Å². The van der Waals surface area contributed by atoms with Crippen molar-refractivity contribution in [2.45, 2.75) is 39.2 Å². The van der Waals surface area contributed by atoms with E-state index in [1.165, 1.54) is 6.07 Å². The molecule has 0 saturated heterocycles. The van der Waals surface area contributed by atoms with Gasteiger partial charge < -0.3 is 10.1 Å². The third kappa shape index (κ3) is 5.27. The maximum atomic E-state index is 12.1. The quantitative estimate of drug-likeness (QED) is 0.874. The van der Waals surface area contributed by atoms with Gasteiger partial charge in [0.2, 0.25) is 0 Å². The molecular formula is C12H15BrF3NO. The van der Waals surface area contributed by atoms with Crippen LogP contribution in [0.5, 0.6) is 5.75 Å². The van der Waals surface area contributed by atoms with Crippen LogP contribution in [0.2, 0.25) is 0 Å². The molecule has 0 heterocycles. The summed E-state index contributed by atoms with van der Waals surface area (Å²) in [6.07, 6.45) is -3.67. The molecule has 1 aromatic carbocycles. The molecule has 0 saturated carbocycles. The molecule has 6 heteroatoms. The Kier molecular flexibility index (Phi) is 5.47. The highest BCUT2D eigenvalue weighted by atomic mass is 79.9. The van der Waals surface area contributed by atoms with Gasteiger partial charge in [-0.25, -0.2) is 0 Å². The van der Waals surface area contributed by atoms with Gasteiger partial charge in [0.1, 0.15) is 5.75 Å². The fourth-order valence-electron chi connectivity index (χ4n) is 1.30. The summed E-state index contributed by atoms with van der Waals surface area (Å²) in [5.41, 5.74) is 0.900. The Morgan fingerprint density at radius 1 is 1.39 bits per heavy atom. The molecule has 0 aliphatic heterocycles. The predicted octanol–water partition coefficient (Wildman–Crippen LogP) is 4.24. The molecule has 1 unspecified atom stereocenters. The first-order chi connectivity index (χ1) is 8.31. The smallest absolute Gasteiger partial charge is 0.405 e. The van der Waals surface area contributed by atoms with Gasteiger partial charge in [-0.1, -0.05) is 13.0 Å². The Morgan fingerprint density at radius 3 is 2.56 bits per heavy atom. The van der Waals surface area contributed by atoms with Crippen molar-refractivity contribution in [2.75, 3.05) is 0 Å². The van der Waals surface area contributed by atoms with Crippen molar-refractivity contribution in [3.8, 4) is 5.75 Å². The lowest BCUT2D eigenvalue weighted by Crippen LogP contribution is -2.24. The predicted molar refractivity (Wildman–Crippen MR) is 67.4 cm³/mol. The van der Waals surface area contributed by atoms with E-state index < -0.39 is 6.36 Å². The van der Waals surface area contributed by atoms with Crippen LogP contribution in [0.3, 0.4) is 0 Å². The molecule has 0 radical (unpaired) electrons. The molecule has 1 atom stereocenters. The standard InChI is InChI=1S/C12H15BrF3NO/c1-3-8(2)17-7-9-4-5-11(10(13)6-9)18-12(14,15)16/h4-6,8,17H,3,7H2,1-2H3. The summed E-state index contributed by atoms with van der Waals surface area (Å²) in [4.78, 5) is 0. The fourth-order valence-corrected chi connectivity index (χ4v) is 1.81. The number of benzene rings is 1. The summed E-state index contributed by atoms with van der Waals surface area (Å²) in [6.45, 7) is 4.73. The molecule has 0 bridgehead atoms. The molecule has 102 valence electrons. The van der Waals surface area contributed by atoms with E-state index in [1.54, 1.807) is 12.1 Å². The summed E-state index contributed by atoms with van der Waals surface area (Å²) in [7, 11) is 0. The van der Waals surface area contributed by atoms with E-state index in [9.17, 15) is 13.2 Å². The van der Waals surface area contributed by atoms with E-state index in [0.29, 0.717) is 17.1 Å². The number of rotatable bonds is 5. The van der Waals surface area contributed by atoms with Crippen LogP contribution in [0.4, 0.5) is 13.2 Å². The third-order valence-corrected chi connectivity index (χ3v) is 3.11. The van der Waals surface area contributed by atoms with Gasteiger partial charge in [-0.15, -0.1) is 13.2 Å². The minimum Gasteiger partial charge on any atom is -0.405 e. The number of ether oxygens (including phenoxy) is 1. The zero-order valence-corrected chi connectivity index (χ0v) is 11.7. The SMILES string of the molecule is CCC(C)NCc1ccc(OC(F)(F)F)c(Br)c1. The second-order valence-electron chi connectivity index (χ2n) is 4.00. The molecule has 18 heavy (non-hydrogen) atoms. The first-order valence-corrected chi connectivity index (χ1v) is 6.38. The van der Waals surface area contributed by atoms with E-state index in [2.05, 4.69) is 39.8 Å². The van der Waals surface area contributed by atoms with Gasteiger partial charge >= 0.3 is 6.36 Å². The zero-order chi connectivity index (χ0) is 13.8. The van der Waals surface area contributed by atoms with Gasteiger partial charge in [-0.05, 0) is 47.0 Å². The minimum absolute atomic E-state index is 0.227. The maximum absolute atomic E-state index is 12.1. The molecular weight excluding hydrogens is 311 g/mol. The third-order valence-electron chi connectivity index (χ3n) is 2.49. The van der Waals surface area contributed by atoms with Crippen molar-refractivity contribution < 1.29 is 17.9 Å². The fraction of sp³-hybridized carbons (Fsp3) is 0.500. The van der Waals surface area contributed by atoms with Gasteiger partial charge in [0.25, 0.3) is 0 Å². The van der Waals surface area contributed by atoms with Gasteiger partial charge in [0.15, 0.2) is 0 Å². The average Bonchev–Trinajstić information content (AvgIpc) is 2.27. The summed E-state index contributed by atoms with van der Waals surface area (Å²) < 4.78 is 40.4. The second kappa shape index (κ2) is 6.43. The van der Waals surface area contributed by atoms with Crippen molar-refractivity contribution in [1.29, 1.82) is 0 Å². The Morgan fingerprint density at radius 2 is 2.06 bits per heavy atom. The molecule has 1 rings (SSSR count). The van der Waals surface area contributed by atoms with Crippen molar-refractivity contribution >= 4 is 15.9 Å². The molecule has 0 aliphatic rings. The van der Waals surface area contributed by atoms with Gasteiger partial charge in [0.05, 0.1) is 4.47 Å². The zero-order valence-electron chi connectivity index (χ0n) is 10.1. The summed E-state index contributed by atoms with van der Waals surface area (Å²) >= 11 is 3.07. The lowest BCUT2D eigenvalue weighted by atomic mass is 10.2. The molecule has 0 aliphatic carbocycles. The first-order valence-electron chi connectivity index (χ1n) is 5.59. The van der Waals surface area contributed by atoms with Crippen LogP contribution in [0.15, 0.2) is 22.7 Å². The molecule has 0 fully saturated rings. The van der Waals surface area contributed by atoms with Crippen molar-refractivity contribution in [1.82, 2.24) is 5.32 Å². The van der Waals surface area contributed by atoms with Gasteiger partial charge in [-0.3, -0.25) is 0 Å². The van der Waals surface area contributed by atoms with Crippen LogP contribution in [0.1, 0.15) is 25.8 Å². The van der Waals surface area contributed by atoms with Crippen LogP contribution in [-0.2, 0) is 6.54 Å². The van der Waals surface area contributed by atoms with E-state index in [4.69, 9.17) is 0 Å². The normalized spacial score (nSPS) is 13.4. The number of hydrogen-bond donors (Lipinski definition) is 1. The Bertz CT molecular complexity index is 395. The molecule has 0 aromatic heterocycles. The Balaban J connectivity index is 2.67. The topological polar surface area (TPSA) is 21.3 Å². The highest BCUT2D eigenvalue weighted by Gasteiger charge is 2.31. The molecule has 1 N–H and O–H groups in total. The number of nitrogens with one attached hydrogen (secondary N) is 1. The number of hydrogen-bond acceptors (Lipinski definition) is 2. The highest BCUT2D eigenvalue weighted by Crippen LogP contribution is 2.31. The Hall–Kier alpha value is -0.750. The minimum atomic E-state index is -4.67. The van der Waals surface area contributed by atoms with E-state index in [-0.39, 0.29) is 5.75 Å². The van der Waals surface area contributed by atoms with E-state index >= 15 is 0 Å². The monoisotopic (exact) mass is 325 g/mol. The summed E-state index contributed by atoms with van der Waals surface area (Å²) in [5, 5.41) is 3.26. The molecule has 1 aromatic rings. The number of halogens is 4. The highest BCUT2D eigenvalue weighted by molar-refractivity contribution is 9.10. The lowest BCUT2D eigenvalue weighted by Gasteiger charge is -2.13. The van der Waals surface area contributed by atoms with Crippen LogP contribution in [-0.4, -0.2) is 12.4 Å². The first kappa shape index (κ1) is 15.3. The molecule has 0 spiro atoms. The molecule has 0 amide bonds. The average molecular weight is 326 g/mol. The molecule has 2 nitrogen and oxygen atoms in total. The number of alkyl halides is 3. The van der Waals surface area contributed by atoms with Crippen LogP contribution in [0, 0.1) is 0 Å². The van der Waals surface area contributed by atoms with Crippen LogP contribution in [0.25, 0.3) is 0 Å². The lowest BCUT2D eigenvalue weighted by molar-refractivity contribution is -0.274. The van der Waals surface area contributed by atoms with Crippen LogP contribution >= 0.6 is 15.9 Å². The van der Waals surface area contributed by atoms with Gasteiger partial charge in [-0.2, -0.15) is 0 Å². The summed E-state index contributed by atoms with van der Waals surface area (Å²) in [5.74, 6) is -0.227. The second-order valence-corrected chi connectivity index (χ2v) is 4.86. The van der Waals surface area contributed by atoms with Crippen LogP contribution < -0.4 is 10.1 Å². The Labute approximate surface area is 113 Å². The van der Waals surface area contributed by atoms with E-state index in [0.717, 1.165) is 12.0 Å². The largest absolute Gasteiger partial charge is 0.573 e. The summed E-state index contributed by atoms with van der Waals surface area (Å²) in [6, 6.07) is 4.91. The van der Waals surface area contributed by atoms with Gasteiger partial charge in [0, 0.05) is 12.6 Å². The van der Waals surface area contributed by atoms with Crippen molar-refractivity contribution in [3.05, 3.63) is 28.2 Å².